The van der Waals surface area contributed by atoms with Gasteiger partial charge in [0.05, 0.1) is 11.3 Å². The molecular weight excluding hydrogens is 314 g/mol. The number of rotatable bonds is 7. The fourth-order valence-corrected chi connectivity index (χ4v) is 3.68. The van der Waals surface area contributed by atoms with Crippen LogP contribution in [-0.2, 0) is 25.6 Å². The number of hydrogen-bond donors (Lipinski definition) is 2. The van der Waals surface area contributed by atoms with Gasteiger partial charge in [0.25, 0.3) is 0 Å². The van der Waals surface area contributed by atoms with Crippen LogP contribution >= 0.6 is 0 Å². The van der Waals surface area contributed by atoms with Gasteiger partial charge in [0.2, 0.25) is 5.88 Å². The number of benzene rings is 1. The number of aromatic nitrogens is 2. The lowest BCUT2D eigenvalue weighted by Gasteiger charge is -2.34. The minimum Gasteiger partial charge on any atom is -0.473 e. The lowest BCUT2D eigenvalue weighted by Crippen LogP contribution is -2.40. The SMILES string of the molecule is C=CCOc1c(CNCC2(O)CCCc3ccccc32)c(C)nn1C. The van der Waals surface area contributed by atoms with E-state index in [4.69, 9.17) is 4.74 Å². The fourth-order valence-electron chi connectivity index (χ4n) is 3.68. The van der Waals surface area contributed by atoms with E-state index < -0.39 is 5.60 Å². The van der Waals surface area contributed by atoms with Crippen molar-refractivity contribution in [2.45, 2.75) is 38.3 Å². The lowest BCUT2D eigenvalue weighted by molar-refractivity contribution is 0.0189. The third-order valence-electron chi connectivity index (χ3n) is 4.90. The molecule has 0 radical (unpaired) electrons. The number of fused-ring (bicyclic) bond motifs is 1. The minimum absolute atomic E-state index is 0.448. The molecule has 1 atom stereocenters. The molecular formula is C20H27N3O2. The average molecular weight is 341 g/mol. The Labute approximate surface area is 149 Å². The first-order valence-electron chi connectivity index (χ1n) is 8.83. The van der Waals surface area contributed by atoms with Crippen LogP contribution < -0.4 is 10.1 Å². The molecule has 2 aromatic rings. The van der Waals surface area contributed by atoms with Crippen LogP contribution in [0, 0.1) is 6.92 Å². The Morgan fingerprint density at radius 1 is 1.44 bits per heavy atom. The zero-order valence-electron chi connectivity index (χ0n) is 15.1. The highest BCUT2D eigenvalue weighted by Crippen LogP contribution is 2.34. The summed E-state index contributed by atoms with van der Waals surface area (Å²) < 4.78 is 7.49. The van der Waals surface area contributed by atoms with Gasteiger partial charge in [-0.15, -0.1) is 0 Å². The number of hydrogen-bond acceptors (Lipinski definition) is 4. The molecule has 3 rings (SSSR count). The molecule has 1 aromatic heterocycles. The first kappa shape index (κ1) is 17.7. The van der Waals surface area contributed by atoms with E-state index in [1.807, 2.05) is 32.2 Å². The highest BCUT2D eigenvalue weighted by atomic mass is 16.5. The molecule has 5 nitrogen and oxygen atoms in total. The molecule has 1 aliphatic rings. The molecule has 134 valence electrons. The number of ether oxygens (including phenoxy) is 1. The fraction of sp³-hybridized carbons (Fsp3) is 0.450. The Morgan fingerprint density at radius 3 is 3.04 bits per heavy atom. The van der Waals surface area contributed by atoms with Crippen molar-refractivity contribution in [3.05, 3.63) is 59.3 Å². The molecule has 1 heterocycles. The standard InChI is InChI=1S/C20H27N3O2/c1-4-12-25-19-17(15(2)22-23(19)3)13-21-14-20(24)11-7-9-16-8-5-6-10-18(16)20/h4-6,8,10,21,24H,1,7,9,11-14H2,2-3H3. The Kier molecular flexibility index (Phi) is 5.25. The van der Waals surface area contributed by atoms with Gasteiger partial charge in [-0.05, 0) is 37.3 Å². The van der Waals surface area contributed by atoms with Crippen LogP contribution in [0.3, 0.4) is 0 Å². The van der Waals surface area contributed by atoms with Crippen molar-refractivity contribution in [2.75, 3.05) is 13.2 Å². The molecule has 25 heavy (non-hydrogen) atoms. The zero-order chi connectivity index (χ0) is 17.9. The lowest BCUT2D eigenvalue weighted by atomic mass is 9.79. The van der Waals surface area contributed by atoms with E-state index in [-0.39, 0.29) is 0 Å². The third-order valence-corrected chi connectivity index (χ3v) is 4.90. The Bertz CT molecular complexity index is 753. The maximum absolute atomic E-state index is 11.2. The van der Waals surface area contributed by atoms with E-state index in [1.54, 1.807) is 10.8 Å². The largest absolute Gasteiger partial charge is 0.473 e. The normalized spacial score (nSPS) is 19.5. The van der Waals surface area contributed by atoms with E-state index in [0.29, 0.717) is 19.7 Å². The van der Waals surface area contributed by atoms with Gasteiger partial charge >= 0.3 is 0 Å². The molecule has 2 N–H and O–H groups in total. The Morgan fingerprint density at radius 2 is 2.24 bits per heavy atom. The number of aliphatic hydroxyl groups is 1. The first-order chi connectivity index (χ1) is 12.0. The smallest absolute Gasteiger partial charge is 0.216 e. The van der Waals surface area contributed by atoms with Crippen molar-refractivity contribution >= 4 is 0 Å². The molecule has 0 bridgehead atoms. The molecule has 1 aromatic carbocycles. The van der Waals surface area contributed by atoms with E-state index in [2.05, 4.69) is 23.1 Å². The van der Waals surface area contributed by atoms with E-state index in [0.717, 1.165) is 42.0 Å². The van der Waals surface area contributed by atoms with Gasteiger partial charge in [-0.25, -0.2) is 4.68 Å². The third kappa shape index (κ3) is 3.62. The van der Waals surface area contributed by atoms with Gasteiger partial charge < -0.3 is 15.2 Å². The molecule has 1 unspecified atom stereocenters. The van der Waals surface area contributed by atoms with Gasteiger partial charge in [-0.1, -0.05) is 36.9 Å². The number of nitrogens with one attached hydrogen (secondary N) is 1. The molecule has 0 fully saturated rings. The van der Waals surface area contributed by atoms with E-state index >= 15 is 0 Å². The topological polar surface area (TPSA) is 59.3 Å². The molecule has 0 aliphatic heterocycles. The summed E-state index contributed by atoms with van der Waals surface area (Å²) in [5.41, 5.74) is 3.46. The molecule has 0 saturated heterocycles. The van der Waals surface area contributed by atoms with E-state index in [1.165, 1.54) is 5.56 Å². The predicted molar refractivity (Wildman–Crippen MR) is 98.6 cm³/mol. The van der Waals surface area contributed by atoms with Crippen molar-refractivity contribution < 1.29 is 9.84 Å². The second-order valence-corrected chi connectivity index (χ2v) is 6.74. The summed E-state index contributed by atoms with van der Waals surface area (Å²) in [6, 6.07) is 8.21. The van der Waals surface area contributed by atoms with Crippen LogP contribution in [0.25, 0.3) is 0 Å². The number of nitrogens with zero attached hydrogens (tertiary/aromatic N) is 2. The van der Waals surface area contributed by atoms with Gasteiger partial charge in [-0.2, -0.15) is 5.10 Å². The average Bonchev–Trinajstić information content (AvgIpc) is 2.87. The van der Waals surface area contributed by atoms with Gasteiger partial charge in [0.1, 0.15) is 12.2 Å². The quantitative estimate of drug-likeness (QED) is 0.760. The maximum atomic E-state index is 11.2. The summed E-state index contributed by atoms with van der Waals surface area (Å²) >= 11 is 0. The summed E-state index contributed by atoms with van der Waals surface area (Å²) in [4.78, 5) is 0. The highest BCUT2D eigenvalue weighted by molar-refractivity contribution is 5.35. The van der Waals surface area contributed by atoms with Crippen molar-refractivity contribution in [3.8, 4) is 5.88 Å². The van der Waals surface area contributed by atoms with Gasteiger partial charge in [0, 0.05) is 20.1 Å². The minimum atomic E-state index is -0.812. The summed E-state index contributed by atoms with van der Waals surface area (Å²) in [7, 11) is 1.87. The molecule has 0 saturated carbocycles. The van der Waals surface area contributed by atoms with Crippen molar-refractivity contribution in [1.29, 1.82) is 0 Å². The number of aryl methyl sites for hydroxylation is 3. The van der Waals surface area contributed by atoms with Crippen LogP contribution in [-0.4, -0.2) is 28.0 Å². The van der Waals surface area contributed by atoms with Crippen LogP contribution in [0.1, 0.15) is 35.2 Å². The van der Waals surface area contributed by atoms with Crippen LogP contribution in [0.15, 0.2) is 36.9 Å². The van der Waals surface area contributed by atoms with Crippen LogP contribution in [0.4, 0.5) is 0 Å². The van der Waals surface area contributed by atoms with Crippen molar-refractivity contribution in [1.82, 2.24) is 15.1 Å². The Balaban J connectivity index is 1.71. The second-order valence-electron chi connectivity index (χ2n) is 6.74. The first-order valence-corrected chi connectivity index (χ1v) is 8.83. The summed E-state index contributed by atoms with van der Waals surface area (Å²) in [5, 5.41) is 19.0. The maximum Gasteiger partial charge on any atom is 0.216 e. The predicted octanol–water partition coefficient (Wildman–Crippen LogP) is 2.61. The molecule has 1 aliphatic carbocycles. The van der Waals surface area contributed by atoms with Crippen LogP contribution in [0.5, 0.6) is 5.88 Å². The summed E-state index contributed by atoms with van der Waals surface area (Å²) in [5.74, 6) is 0.751. The highest BCUT2D eigenvalue weighted by Gasteiger charge is 2.33. The second kappa shape index (κ2) is 7.42. The molecule has 0 amide bonds. The molecule has 0 spiro atoms. The van der Waals surface area contributed by atoms with Crippen molar-refractivity contribution in [2.24, 2.45) is 7.05 Å². The van der Waals surface area contributed by atoms with Crippen molar-refractivity contribution in [3.63, 3.8) is 0 Å². The monoisotopic (exact) mass is 341 g/mol. The summed E-state index contributed by atoms with van der Waals surface area (Å²) in [6.45, 7) is 7.24. The zero-order valence-corrected chi connectivity index (χ0v) is 15.1. The molecule has 5 heteroatoms. The van der Waals surface area contributed by atoms with Gasteiger partial charge in [-0.3, -0.25) is 0 Å². The van der Waals surface area contributed by atoms with Crippen LogP contribution in [0.2, 0.25) is 0 Å². The van der Waals surface area contributed by atoms with Gasteiger partial charge in [0.15, 0.2) is 0 Å². The van der Waals surface area contributed by atoms with E-state index in [9.17, 15) is 5.11 Å². The Hall–Kier alpha value is -2.11. The summed E-state index contributed by atoms with van der Waals surface area (Å²) in [6.07, 6.45) is 4.55.